The van der Waals surface area contributed by atoms with E-state index >= 15 is 0 Å². The van der Waals surface area contributed by atoms with Crippen molar-refractivity contribution in [3.63, 3.8) is 0 Å². The zero-order valence-electron chi connectivity index (χ0n) is 33.3. The number of aryl methyl sites for hydroxylation is 3. The van der Waals surface area contributed by atoms with Crippen LogP contribution < -0.4 is 9.47 Å². The van der Waals surface area contributed by atoms with Crippen molar-refractivity contribution < 1.29 is 32.9 Å². The molecule has 0 saturated heterocycles. The van der Waals surface area contributed by atoms with Crippen molar-refractivity contribution in [3.05, 3.63) is 95.1 Å². The molecule has 284 valence electrons. The third-order valence-electron chi connectivity index (χ3n) is 10.6. The summed E-state index contributed by atoms with van der Waals surface area (Å²) >= 11 is 0. The van der Waals surface area contributed by atoms with Gasteiger partial charge >= 0.3 is 0 Å². The van der Waals surface area contributed by atoms with Crippen molar-refractivity contribution in [2.24, 2.45) is 0 Å². The van der Waals surface area contributed by atoms with Crippen LogP contribution in [-0.4, -0.2) is 91.2 Å². The summed E-state index contributed by atoms with van der Waals surface area (Å²) in [6, 6.07) is 27.2. The first-order valence-electron chi connectivity index (χ1n) is 19.2. The smallest absolute Gasteiger partial charge is 0.128 e. The average molecular weight is 723 g/mol. The van der Waals surface area contributed by atoms with Gasteiger partial charge in [0.05, 0.1) is 59.3 Å². The van der Waals surface area contributed by atoms with E-state index < -0.39 is 0 Å². The van der Waals surface area contributed by atoms with Crippen molar-refractivity contribution >= 4 is 21.5 Å². The molecule has 0 fully saturated rings. The van der Waals surface area contributed by atoms with Gasteiger partial charge in [0.15, 0.2) is 0 Å². The molecule has 0 aliphatic rings. The quantitative estimate of drug-likeness (QED) is 0.0427. The monoisotopic (exact) mass is 722 g/mol. The Kier molecular flexibility index (Phi) is 14.7. The van der Waals surface area contributed by atoms with Crippen molar-refractivity contribution in [2.75, 3.05) is 86.7 Å². The lowest BCUT2D eigenvalue weighted by atomic mass is 9.84. The molecular weight excluding hydrogens is 663 g/mol. The van der Waals surface area contributed by atoms with E-state index in [2.05, 4.69) is 114 Å². The SMILES string of the molecule is CC[N+](CC)(CC)Cc1cc(-c2c3ccc(C)cc3c(-c3ccc(OCCOCCOC)c(C)c3)c3ccc(C)cc23)ccc1OCCOCCOC. The maximum absolute atomic E-state index is 6.44. The summed E-state index contributed by atoms with van der Waals surface area (Å²) in [6.07, 6.45) is 0. The van der Waals surface area contributed by atoms with Crippen LogP contribution in [-0.2, 0) is 25.5 Å². The summed E-state index contributed by atoms with van der Waals surface area (Å²) in [4.78, 5) is 0. The minimum atomic E-state index is 0.491. The number of nitrogens with zero attached hydrogens (tertiary/aromatic N) is 1. The fourth-order valence-corrected chi connectivity index (χ4v) is 7.32. The second kappa shape index (κ2) is 19.4. The standard InChI is InChI=1S/C46H60NO6/c1-9-47(10-2,11-3)32-38-31-37(15-19-44(38)53-27-25-51-23-21-49-8)46-40-17-13-33(4)28-41(40)45(39-16-12-34(5)29-42(39)46)36-14-18-43(35(6)30-36)52-26-24-50-22-20-48-7/h12-19,28-31H,9-11,20-27,32H2,1-8H3/q+1. The zero-order chi connectivity index (χ0) is 37.8. The van der Waals surface area contributed by atoms with Gasteiger partial charge in [0.25, 0.3) is 0 Å². The minimum Gasteiger partial charge on any atom is -0.491 e. The topological polar surface area (TPSA) is 55.4 Å². The first kappa shape index (κ1) is 40.2. The van der Waals surface area contributed by atoms with Crippen LogP contribution in [0.4, 0.5) is 0 Å². The molecule has 0 bridgehead atoms. The minimum absolute atomic E-state index is 0.491. The predicted octanol–water partition coefficient (Wildman–Crippen LogP) is 9.71. The third kappa shape index (κ3) is 9.77. The van der Waals surface area contributed by atoms with Gasteiger partial charge in [-0.05, 0) is 115 Å². The highest BCUT2D eigenvalue weighted by Gasteiger charge is 2.25. The first-order valence-corrected chi connectivity index (χ1v) is 19.2. The highest BCUT2D eigenvalue weighted by Crippen LogP contribution is 2.45. The van der Waals surface area contributed by atoms with Crippen LogP contribution in [0.15, 0.2) is 72.8 Å². The van der Waals surface area contributed by atoms with Crippen molar-refractivity contribution in [2.45, 2.75) is 48.1 Å². The largest absolute Gasteiger partial charge is 0.491 e. The molecule has 5 rings (SSSR count). The summed E-state index contributed by atoms with van der Waals surface area (Å²) in [7, 11) is 3.37. The third-order valence-corrected chi connectivity index (χ3v) is 10.6. The molecular formula is C46H60NO6+. The number of ether oxygens (including phenoxy) is 6. The Balaban J connectivity index is 1.62. The highest BCUT2D eigenvalue weighted by atomic mass is 16.5. The maximum atomic E-state index is 6.44. The fraction of sp³-hybridized carbons (Fsp3) is 0.435. The van der Waals surface area contributed by atoms with E-state index in [1.807, 2.05) is 0 Å². The van der Waals surface area contributed by atoms with Gasteiger partial charge < -0.3 is 32.9 Å². The summed E-state index contributed by atoms with van der Waals surface area (Å²) < 4.78 is 35.1. The lowest BCUT2D eigenvalue weighted by Gasteiger charge is -2.36. The zero-order valence-corrected chi connectivity index (χ0v) is 33.3. The van der Waals surface area contributed by atoms with E-state index in [-0.39, 0.29) is 0 Å². The van der Waals surface area contributed by atoms with Crippen molar-refractivity contribution in [1.82, 2.24) is 0 Å². The molecule has 0 aliphatic heterocycles. The molecule has 0 atom stereocenters. The summed E-state index contributed by atoms with van der Waals surface area (Å²) in [5, 5.41) is 4.96. The molecule has 0 aromatic heterocycles. The van der Waals surface area contributed by atoms with Crippen LogP contribution >= 0.6 is 0 Å². The molecule has 0 radical (unpaired) electrons. The number of quaternary nitrogens is 1. The Bertz CT molecular complexity index is 1940. The summed E-state index contributed by atoms with van der Waals surface area (Å²) in [5.74, 6) is 1.80. The molecule has 0 aliphatic carbocycles. The molecule has 0 amide bonds. The molecule has 7 nitrogen and oxygen atoms in total. The lowest BCUT2D eigenvalue weighted by Crippen LogP contribution is -2.46. The molecule has 0 unspecified atom stereocenters. The number of hydrogen-bond donors (Lipinski definition) is 0. The predicted molar refractivity (Wildman–Crippen MR) is 219 cm³/mol. The number of fused-ring (bicyclic) bond motifs is 2. The van der Waals surface area contributed by atoms with Gasteiger partial charge in [0, 0.05) is 19.8 Å². The van der Waals surface area contributed by atoms with Gasteiger partial charge in [-0.25, -0.2) is 0 Å². The molecule has 7 heteroatoms. The first-order chi connectivity index (χ1) is 25.8. The van der Waals surface area contributed by atoms with Crippen LogP contribution in [0.25, 0.3) is 43.8 Å². The molecule has 53 heavy (non-hydrogen) atoms. The molecule has 5 aromatic carbocycles. The normalized spacial score (nSPS) is 11.8. The Morgan fingerprint density at radius 1 is 0.472 bits per heavy atom. The molecule has 0 saturated carbocycles. The van der Waals surface area contributed by atoms with Gasteiger partial charge in [-0.1, -0.05) is 59.7 Å². The Labute approximate surface area is 317 Å². The number of rotatable bonds is 21. The highest BCUT2D eigenvalue weighted by molar-refractivity contribution is 6.21. The van der Waals surface area contributed by atoms with E-state index in [1.54, 1.807) is 14.2 Å². The van der Waals surface area contributed by atoms with Gasteiger partial charge in [-0.2, -0.15) is 0 Å². The van der Waals surface area contributed by atoms with Crippen LogP contribution in [0.5, 0.6) is 11.5 Å². The molecule has 0 heterocycles. The molecule has 5 aromatic rings. The van der Waals surface area contributed by atoms with E-state index in [4.69, 9.17) is 28.4 Å². The van der Waals surface area contributed by atoms with Crippen LogP contribution in [0, 0.1) is 20.8 Å². The van der Waals surface area contributed by atoms with E-state index in [0.29, 0.717) is 52.9 Å². The Morgan fingerprint density at radius 3 is 1.43 bits per heavy atom. The van der Waals surface area contributed by atoms with Crippen LogP contribution in [0.1, 0.15) is 43.0 Å². The van der Waals surface area contributed by atoms with Crippen molar-refractivity contribution in [1.29, 1.82) is 0 Å². The van der Waals surface area contributed by atoms with Crippen LogP contribution in [0.2, 0.25) is 0 Å². The van der Waals surface area contributed by atoms with Gasteiger partial charge in [0.1, 0.15) is 31.3 Å². The second-order valence-electron chi connectivity index (χ2n) is 14.0. The summed E-state index contributed by atoms with van der Waals surface area (Å²) in [5.41, 5.74) is 9.66. The van der Waals surface area contributed by atoms with Gasteiger partial charge in [0.2, 0.25) is 0 Å². The second-order valence-corrected chi connectivity index (χ2v) is 14.0. The lowest BCUT2D eigenvalue weighted by molar-refractivity contribution is -0.936. The van der Waals surface area contributed by atoms with Crippen molar-refractivity contribution in [3.8, 4) is 33.8 Å². The maximum Gasteiger partial charge on any atom is 0.128 e. The number of hydrogen-bond acceptors (Lipinski definition) is 6. The molecule has 0 N–H and O–H groups in total. The Hall–Kier alpha value is -3.98. The van der Waals surface area contributed by atoms with E-state index in [1.165, 1.54) is 60.5 Å². The average Bonchev–Trinajstić information content (AvgIpc) is 3.16. The van der Waals surface area contributed by atoms with E-state index in [0.717, 1.165) is 47.7 Å². The number of methoxy groups -OCH3 is 2. The van der Waals surface area contributed by atoms with E-state index in [9.17, 15) is 0 Å². The Morgan fingerprint density at radius 2 is 0.943 bits per heavy atom. The summed E-state index contributed by atoms with van der Waals surface area (Å²) in [6.45, 7) is 21.8. The molecule has 0 spiro atoms. The van der Waals surface area contributed by atoms with Crippen LogP contribution in [0.3, 0.4) is 0 Å². The fourth-order valence-electron chi connectivity index (χ4n) is 7.32. The number of benzene rings is 5. The van der Waals surface area contributed by atoms with Gasteiger partial charge in [-0.3, -0.25) is 0 Å². The van der Waals surface area contributed by atoms with Gasteiger partial charge in [-0.15, -0.1) is 0 Å².